The van der Waals surface area contributed by atoms with Crippen LogP contribution in [0.2, 0.25) is 0 Å². The molecule has 0 bridgehead atoms. The van der Waals surface area contributed by atoms with Gasteiger partial charge in [-0.05, 0) is 64.2 Å². The minimum absolute atomic E-state index is 0.00775. The van der Waals surface area contributed by atoms with Crippen molar-refractivity contribution < 1.29 is 32.9 Å². The van der Waals surface area contributed by atoms with Gasteiger partial charge in [0.05, 0.1) is 39.9 Å². The highest BCUT2D eigenvalue weighted by Gasteiger charge is 2.23. The summed E-state index contributed by atoms with van der Waals surface area (Å²) < 4.78 is 23.4. The Bertz CT molecular complexity index is 1330. The van der Waals surface area contributed by atoms with Crippen LogP contribution < -0.4 is 10.2 Å². The molecule has 0 aliphatic carbocycles. The first kappa shape index (κ1) is 71.5. The fraction of sp³-hybridized carbons (Fsp3) is 0.859. The molecule has 0 aliphatic rings. The van der Waals surface area contributed by atoms with Crippen molar-refractivity contribution in [2.24, 2.45) is 0 Å². The van der Waals surface area contributed by atoms with E-state index in [1.807, 2.05) is 27.2 Å². The summed E-state index contributed by atoms with van der Waals surface area (Å²) in [6.07, 6.45) is 73.6. The summed E-state index contributed by atoms with van der Waals surface area (Å²) in [5, 5.41) is 13.9. The molecule has 0 aliphatic heterocycles. The molecule has 0 fully saturated rings. The molecule has 3 atom stereocenters. The van der Waals surface area contributed by atoms with Gasteiger partial charge in [-0.3, -0.25) is 9.36 Å². The lowest BCUT2D eigenvalue weighted by atomic mass is 10.0. The Balaban J connectivity index is 4.17. The van der Waals surface area contributed by atoms with Gasteiger partial charge in [-0.15, -0.1) is 0 Å². The number of likely N-dealkylation sites (N-methyl/N-ethyl adjacent to an activating group) is 1. The summed E-state index contributed by atoms with van der Waals surface area (Å²) in [5.41, 5.74) is 0. The summed E-state index contributed by atoms with van der Waals surface area (Å²) >= 11 is 0. The quantitative estimate of drug-likeness (QED) is 0.0272. The van der Waals surface area contributed by atoms with Crippen LogP contribution in [0.5, 0.6) is 0 Å². The first-order valence-electron chi connectivity index (χ1n) is 31.5. The molecule has 3 unspecified atom stereocenters. The molecule has 1 amide bonds. The van der Waals surface area contributed by atoms with Crippen LogP contribution in [0.4, 0.5) is 0 Å². The molecule has 8 nitrogen and oxygen atoms in total. The van der Waals surface area contributed by atoms with E-state index in [4.69, 9.17) is 9.05 Å². The number of hydrogen-bond acceptors (Lipinski definition) is 6. The van der Waals surface area contributed by atoms with Crippen molar-refractivity contribution in [3.05, 3.63) is 48.6 Å². The fourth-order valence-electron chi connectivity index (χ4n) is 9.32. The van der Waals surface area contributed by atoms with E-state index in [-0.39, 0.29) is 12.5 Å². The predicted molar refractivity (Wildman–Crippen MR) is 316 cm³/mol. The molecular formula is C64H123N2O6P. The number of nitrogens with one attached hydrogen (secondary N) is 1. The fourth-order valence-corrected chi connectivity index (χ4v) is 10.0. The van der Waals surface area contributed by atoms with E-state index < -0.39 is 26.6 Å². The van der Waals surface area contributed by atoms with E-state index in [0.717, 1.165) is 44.9 Å². The molecular weight excluding hydrogens is 924 g/mol. The number of phosphoric acid groups is 1. The third-order valence-electron chi connectivity index (χ3n) is 14.3. The maximum Gasteiger partial charge on any atom is 0.268 e. The Kier molecular flexibility index (Phi) is 54.1. The number of hydrogen-bond donors (Lipinski definition) is 2. The normalized spacial score (nSPS) is 14.1. The van der Waals surface area contributed by atoms with Crippen molar-refractivity contribution >= 4 is 13.7 Å². The van der Waals surface area contributed by atoms with Crippen molar-refractivity contribution in [2.75, 3.05) is 40.9 Å². The smallest absolute Gasteiger partial charge is 0.268 e. The van der Waals surface area contributed by atoms with Gasteiger partial charge in [0, 0.05) is 6.42 Å². The average molecular weight is 1050 g/mol. The highest BCUT2D eigenvalue weighted by molar-refractivity contribution is 7.45. The van der Waals surface area contributed by atoms with Crippen LogP contribution in [0.1, 0.15) is 303 Å². The molecule has 0 spiro atoms. The van der Waals surface area contributed by atoms with Gasteiger partial charge in [-0.1, -0.05) is 281 Å². The van der Waals surface area contributed by atoms with Crippen LogP contribution in [0, 0.1) is 0 Å². The number of carbonyl (C=O) groups excluding carboxylic acids is 1. The number of rotatable bonds is 58. The Morgan fingerprint density at radius 1 is 0.479 bits per heavy atom. The molecule has 0 aromatic heterocycles. The van der Waals surface area contributed by atoms with E-state index in [1.165, 1.54) is 238 Å². The number of allylic oxidation sites excluding steroid dienone is 7. The molecule has 0 saturated carbocycles. The van der Waals surface area contributed by atoms with Crippen molar-refractivity contribution in [2.45, 2.75) is 315 Å². The summed E-state index contributed by atoms with van der Waals surface area (Å²) in [6.45, 7) is 4.65. The maximum absolute atomic E-state index is 13.0. The van der Waals surface area contributed by atoms with E-state index in [0.29, 0.717) is 17.4 Å². The molecule has 9 heteroatoms. The van der Waals surface area contributed by atoms with E-state index in [9.17, 15) is 19.4 Å². The van der Waals surface area contributed by atoms with Crippen molar-refractivity contribution in [3.63, 3.8) is 0 Å². The number of carbonyl (C=O) groups is 1. The summed E-state index contributed by atoms with van der Waals surface area (Å²) in [6, 6.07) is -0.908. The monoisotopic (exact) mass is 1050 g/mol. The number of amides is 1. The molecule has 0 rings (SSSR count). The first-order chi connectivity index (χ1) is 35.5. The molecule has 0 radical (unpaired) electrons. The van der Waals surface area contributed by atoms with Crippen molar-refractivity contribution in [3.8, 4) is 0 Å². The Morgan fingerprint density at radius 2 is 0.808 bits per heavy atom. The zero-order valence-electron chi connectivity index (χ0n) is 49.1. The number of aliphatic hydroxyl groups excluding tert-OH is 1. The van der Waals surface area contributed by atoms with Gasteiger partial charge in [0.15, 0.2) is 0 Å². The molecule has 2 N–H and O–H groups in total. The van der Waals surface area contributed by atoms with E-state index >= 15 is 0 Å². The number of quaternary nitrogens is 1. The zero-order chi connectivity index (χ0) is 53.5. The van der Waals surface area contributed by atoms with Crippen LogP contribution in [0.15, 0.2) is 48.6 Å². The third kappa shape index (κ3) is 58.0. The molecule has 73 heavy (non-hydrogen) atoms. The Labute approximate surface area is 454 Å². The zero-order valence-corrected chi connectivity index (χ0v) is 50.0. The molecule has 0 heterocycles. The van der Waals surface area contributed by atoms with Gasteiger partial charge in [-0.2, -0.15) is 0 Å². The largest absolute Gasteiger partial charge is 0.756 e. The highest BCUT2D eigenvalue weighted by Crippen LogP contribution is 2.38. The van der Waals surface area contributed by atoms with Crippen molar-refractivity contribution in [1.82, 2.24) is 5.32 Å². The number of phosphoric ester groups is 1. The molecule has 430 valence electrons. The lowest BCUT2D eigenvalue weighted by Gasteiger charge is -2.29. The third-order valence-corrected chi connectivity index (χ3v) is 15.2. The first-order valence-corrected chi connectivity index (χ1v) is 33.0. The number of nitrogens with zero attached hydrogens (tertiary/aromatic N) is 1. The Morgan fingerprint density at radius 3 is 1.19 bits per heavy atom. The van der Waals surface area contributed by atoms with E-state index in [1.54, 1.807) is 6.08 Å². The topological polar surface area (TPSA) is 108 Å². The number of aliphatic hydroxyl groups is 1. The number of unbranched alkanes of at least 4 members (excludes halogenated alkanes) is 39. The maximum atomic E-state index is 13.0. The lowest BCUT2D eigenvalue weighted by molar-refractivity contribution is -0.870. The van der Waals surface area contributed by atoms with Crippen LogP contribution in [-0.2, 0) is 18.4 Å². The summed E-state index contributed by atoms with van der Waals surface area (Å²) in [5.74, 6) is -0.209. The van der Waals surface area contributed by atoms with Crippen LogP contribution in [0.3, 0.4) is 0 Å². The van der Waals surface area contributed by atoms with Crippen LogP contribution in [0.25, 0.3) is 0 Å². The van der Waals surface area contributed by atoms with Crippen LogP contribution >= 0.6 is 7.82 Å². The molecule has 0 aromatic carbocycles. The second-order valence-electron chi connectivity index (χ2n) is 22.8. The van der Waals surface area contributed by atoms with Gasteiger partial charge in [-0.25, -0.2) is 0 Å². The SMILES string of the molecule is CCCCCCC/C=C\C/C=C\CCCCCCCCCCCC(=O)NC(COP(=O)([O-])OCC[N+](C)(C)C)C(O)/C=C/CC/C=C/CCCCCCCCCCCCCCCCCCCCCCCCCC. The summed E-state index contributed by atoms with van der Waals surface area (Å²) in [7, 11) is 1.25. The molecule has 0 saturated heterocycles. The second kappa shape index (κ2) is 55.2. The van der Waals surface area contributed by atoms with Crippen molar-refractivity contribution in [1.29, 1.82) is 0 Å². The summed E-state index contributed by atoms with van der Waals surface area (Å²) in [4.78, 5) is 25.5. The second-order valence-corrected chi connectivity index (χ2v) is 24.2. The van der Waals surface area contributed by atoms with Crippen LogP contribution in [-0.4, -0.2) is 68.5 Å². The van der Waals surface area contributed by atoms with Gasteiger partial charge in [0.2, 0.25) is 5.91 Å². The highest BCUT2D eigenvalue weighted by atomic mass is 31.2. The van der Waals surface area contributed by atoms with Gasteiger partial charge < -0.3 is 28.8 Å². The van der Waals surface area contributed by atoms with E-state index in [2.05, 4.69) is 55.6 Å². The standard InChI is InChI=1S/C64H123N2O6P/c1-6-8-10-12-14-16-18-20-22-24-26-28-29-30-31-32-33-34-35-36-38-39-41-43-45-47-49-51-53-55-57-63(67)62(61-72-73(69,70)71-60-59-66(3,4)5)65-64(68)58-56-54-52-50-48-46-44-42-40-37-27-25-23-21-19-17-15-13-11-9-7-2/h19,21,25,27,47,49,55,57,62-63,67H,6-18,20,22-24,26,28-46,48,50-54,56,58-61H2,1-5H3,(H-,65,68,69,70)/b21-19-,27-25-,49-47+,57-55+. The predicted octanol–water partition coefficient (Wildman–Crippen LogP) is 18.9. The average Bonchev–Trinajstić information content (AvgIpc) is 3.35. The minimum atomic E-state index is -4.61. The van der Waals surface area contributed by atoms with Gasteiger partial charge >= 0.3 is 0 Å². The van der Waals surface area contributed by atoms with Gasteiger partial charge in [0.1, 0.15) is 13.2 Å². The minimum Gasteiger partial charge on any atom is -0.756 e. The van der Waals surface area contributed by atoms with Gasteiger partial charge in [0.25, 0.3) is 7.82 Å². The Hall–Kier alpha value is -1.54. The lowest BCUT2D eigenvalue weighted by Crippen LogP contribution is -2.45. The molecule has 0 aromatic rings.